The molecule has 14 heavy (non-hydrogen) atoms. The zero-order chi connectivity index (χ0) is 10.8. The summed E-state index contributed by atoms with van der Waals surface area (Å²) in [6, 6.07) is 0.191. The maximum absolute atomic E-state index is 6.04. The number of nitrogens with zero attached hydrogens (tertiary/aromatic N) is 2. The fourth-order valence-corrected chi connectivity index (χ4v) is 2.89. The molecule has 0 saturated heterocycles. The summed E-state index contributed by atoms with van der Waals surface area (Å²) in [6.07, 6.45) is 0. The van der Waals surface area contributed by atoms with Crippen molar-refractivity contribution in [3.05, 3.63) is 5.01 Å². The number of thioether (sulfide) groups is 1. The van der Waals surface area contributed by atoms with Gasteiger partial charge in [-0.3, -0.25) is 0 Å². The summed E-state index contributed by atoms with van der Waals surface area (Å²) in [5, 5.41) is 9.02. The molecule has 5 heteroatoms. The molecule has 3 nitrogen and oxygen atoms in total. The first-order chi connectivity index (χ1) is 6.39. The van der Waals surface area contributed by atoms with Crippen molar-refractivity contribution in [1.29, 1.82) is 0 Å². The summed E-state index contributed by atoms with van der Waals surface area (Å²) in [4.78, 5) is 0. The Bertz CT molecular complexity index is 290. The van der Waals surface area contributed by atoms with Crippen molar-refractivity contribution in [3.8, 4) is 0 Å². The Hall–Kier alpha value is -0.130. The Balaban J connectivity index is 2.41. The molecule has 0 aliphatic rings. The van der Waals surface area contributed by atoms with Crippen molar-refractivity contribution in [1.82, 2.24) is 10.2 Å². The molecule has 1 atom stereocenters. The van der Waals surface area contributed by atoms with E-state index in [-0.39, 0.29) is 11.5 Å². The fraction of sp³-hybridized carbons (Fsp3) is 0.778. The Kier molecular flexibility index (Phi) is 3.92. The van der Waals surface area contributed by atoms with Gasteiger partial charge in [0.25, 0.3) is 0 Å². The maximum Gasteiger partial charge on any atom is 0.174 e. The average molecular weight is 231 g/mol. The molecule has 1 heterocycles. The van der Waals surface area contributed by atoms with Crippen molar-refractivity contribution in [2.45, 2.75) is 38.1 Å². The highest BCUT2D eigenvalue weighted by molar-refractivity contribution is 8.01. The molecule has 0 aliphatic carbocycles. The molecule has 0 aromatic carbocycles. The standard InChI is InChI=1S/C9H17N3S2/c1-6-11-12-8(14-6)13-5-7(10)9(2,3)4/h7H,5,10H2,1-4H3. The highest BCUT2D eigenvalue weighted by atomic mass is 32.2. The molecular weight excluding hydrogens is 214 g/mol. The zero-order valence-electron chi connectivity index (χ0n) is 9.07. The van der Waals surface area contributed by atoms with Gasteiger partial charge in [0.1, 0.15) is 5.01 Å². The minimum absolute atomic E-state index is 0.159. The van der Waals surface area contributed by atoms with Crippen molar-refractivity contribution >= 4 is 23.1 Å². The number of rotatable bonds is 3. The third kappa shape index (κ3) is 3.55. The minimum atomic E-state index is 0.159. The van der Waals surface area contributed by atoms with Gasteiger partial charge in [0, 0.05) is 11.8 Å². The van der Waals surface area contributed by atoms with Gasteiger partial charge in [0.05, 0.1) is 0 Å². The molecule has 1 aromatic heterocycles. The molecule has 1 unspecified atom stereocenters. The van der Waals surface area contributed by atoms with Crippen LogP contribution in [0.3, 0.4) is 0 Å². The average Bonchev–Trinajstić information content (AvgIpc) is 2.45. The van der Waals surface area contributed by atoms with Gasteiger partial charge in [-0.25, -0.2) is 0 Å². The smallest absolute Gasteiger partial charge is 0.174 e. The lowest BCUT2D eigenvalue weighted by molar-refractivity contribution is 0.344. The third-order valence-corrected chi connectivity index (χ3v) is 4.10. The number of aromatic nitrogens is 2. The lowest BCUT2D eigenvalue weighted by Crippen LogP contribution is -2.37. The Morgan fingerprint density at radius 1 is 1.43 bits per heavy atom. The van der Waals surface area contributed by atoms with Crippen LogP contribution in [0.1, 0.15) is 25.8 Å². The van der Waals surface area contributed by atoms with E-state index in [1.165, 1.54) is 0 Å². The monoisotopic (exact) mass is 231 g/mol. The summed E-state index contributed by atoms with van der Waals surface area (Å²) in [5.74, 6) is 0.901. The lowest BCUT2D eigenvalue weighted by Gasteiger charge is -2.26. The van der Waals surface area contributed by atoms with Crippen LogP contribution >= 0.6 is 23.1 Å². The second kappa shape index (κ2) is 4.59. The molecule has 0 radical (unpaired) electrons. The molecule has 0 fully saturated rings. The van der Waals surface area contributed by atoms with E-state index >= 15 is 0 Å². The molecule has 0 aliphatic heterocycles. The molecule has 0 spiro atoms. The zero-order valence-corrected chi connectivity index (χ0v) is 10.7. The van der Waals surface area contributed by atoms with Gasteiger partial charge in [-0.05, 0) is 12.3 Å². The molecular formula is C9H17N3S2. The topological polar surface area (TPSA) is 51.8 Å². The molecule has 0 bridgehead atoms. The van der Waals surface area contributed by atoms with Gasteiger partial charge < -0.3 is 5.73 Å². The van der Waals surface area contributed by atoms with Crippen LogP contribution in [0, 0.1) is 12.3 Å². The second-order valence-corrected chi connectivity index (χ2v) is 6.82. The van der Waals surface area contributed by atoms with Crippen molar-refractivity contribution in [2.24, 2.45) is 11.1 Å². The van der Waals surface area contributed by atoms with Crippen molar-refractivity contribution < 1.29 is 0 Å². The predicted octanol–water partition coefficient (Wildman–Crippen LogP) is 2.31. The first-order valence-electron chi connectivity index (χ1n) is 4.58. The van der Waals surface area contributed by atoms with E-state index in [1.54, 1.807) is 23.1 Å². The van der Waals surface area contributed by atoms with Crippen molar-refractivity contribution in [2.75, 3.05) is 5.75 Å². The van der Waals surface area contributed by atoms with Gasteiger partial charge in [0.15, 0.2) is 4.34 Å². The summed E-state index contributed by atoms with van der Waals surface area (Å²) in [6.45, 7) is 8.43. The van der Waals surface area contributed by atoms with Gasteiger partial charge in [-0.1, -0.05) is 43.9 Å². The number of hydrogen-bond donors (Lipinski definition) is 1. The Labute approximate surface area is 93.5 Å². The number of hydrogen-bond acceptors (Lipinski definition) is 5. The van der Waals surface area contributed by atoms with Crippen LogP contribution < -0.4 is 5.73 Å². The second-order valence-electron chi connectivity index (χ2n) is 4.37. The van der Waals surface area contributed by atoms with Crippen LogP contribution in [0.5, 0.6) is 0 Å². The van der Waals surface area contributed by atoms with Crippen LogP contribution in [0.4, 0.5) is 0 Å². The normalized spacial score (nSPS) is 14.4. The van der Waals surface area contributed by atoms with E-state index in [2.05, 4.69) is 31.0 Å². The fourth-order valence-electron chi connectivity index (χ4n) is 0.748. The first-order valence-corrected chi connectivity index (χ1v) is 6.38. The van der Waals surface area contributed by atoms with Crippen LogP contribution in [0.25, 0.3) is 0 Å². The van der Waals surface area contributed by atoms with E-state index in [0.29, 0.717) is 0 Å². The summed E-state index contributed by atoms with van der Waals surface area (Å²) in [7, 11) is 0. The molecule has 2 N–H and O–H groups in total. The SMILES string of the molecule is Cc1nnc(SCC(N)C(C)(C)C)s1. The molecule has 0 amide bonds. The maximum atomic E-state index is 6.04. The van der Waals surface area contributed by atoms with E-state index in [9.17, 15) is 0 Å². The molecule has 1 rings (SSSR count). The van der Waals surface area contributed by atoms with Gasteiger partial charge in [-0.2, -0.15) is 0 Å². The van der Waals surface area contributed by atoms with Crippen LogP contribution in [-0.4, -0.2) is 22.0 Å². The first kappa shape index (κ1) is 11.9. The van der Waals surface area contributed by atoms with Gasteiger partial charge >= 0.3 is 0 Å². The molecule has 1 aromatic rings. The Morgan fingerprint density at radius 2 is 2.07 bits per heavy atom. The largest absolute Gasteiger partial charge is 0.326 e. The van der Waals surface area contributed by atoms with Gasteiger partial charge in [-0.15, -0.1) is 10.2 Å². The summed E-state index contributed by atoms with van der Waals surface area (Å²) >= 11 is 3.32. The predicted molar refractivity (Wildman–Crippen MR) is 62.8 cm³/mol. The molecule has 0 saturated carbocycles. The van der Waals surface area contributed by atoms with Crippen LogP contribution in [-0.2, 0) is 0 Å². The lowest BCUT2D eigenvalue weighted by atomic mass is 9.89. The van der Waals surface area contributed by atoms with E-state index in [1.807, 2.05) is 6.92 Å². The quantitative estimate of drug-likeness (QED) is 0.811. The molecule has 80 valence electrons. The summed E-state index contributed by atoms with van der Waals surface area (Å²) < 4.78 is 1.02. The van der Waals surface area contributed by atoms with Crippen LogP contribution in [0.2, 0.25) is 0 Å². The summed E-state index contributed by atoms with van der Waals surface area (Å²) in [5.41, 5.74) is 6.20. The van der Waals surface area contributed by atoms with E-state index < -0.39 is 0 Å². The van der Waals surface area contributed by atoms with E-state index in [0.717, 1.165) is 15.1 Å². The minimum Gasteiger partial charge on any atom is -0.326 e. The Morgan fingerprint density at radius 3 is 2.50 bits per heavy atom. The van der Waals surface area contributed by atoms with Crippen LogP contribution in [0.15, 0.2) is 4.34 Å². The van der Waals surface area contributed by atoms with Gasteiger partial charge in [0.2, 0.25) is 0 Å². The van der Waals surface area contributed by atoms with Crippen molar-refractivity contribution in [3.63, 3.8) is 0 Å². The third-order valence-electron chi connectivity index (χ3n) is 2.01. The highest BCUT2D eigenvalue weighted by Crippen LogP contribution is 2.26. The highest BCUT2D eigenvalue weighted by Gasteiger charge is 2.20. The number of nitrogens with two attached hydrogens (primary N) is 1. The van der Waals surface area contributed by atoms with E-state index in [4.69, 9.17) is 5.73 Å². The number of aryl methyl sites for hydroxylation is 1.